The highest BCUT2D eigenvalue weighted by Crippen LogP contribution is 2.32. The number of likely N-dealkylation sites (tertiary alicyclic amines) is 1. The van der Waals surface area contributed by atoms with Crippen LogP contribution in [0.25, 0.3) is 0 Å². The number of benzene rings is 1. The number of alkyl halides is 3. The first kappa shape index (κ1) is 18.5. The Morgan fingerprint density at radius 1 is 1.23 bits per heavy atom. The molecule has 0 spiro atoms. The number of piperidine rings is 1. The SMILES string of the molecule is Cn1cc(C2CCCCN2C(=O)CCc2ccc(C(F)(F)F)cc2)cn1. The van der Waals surface area contributed by atoms with E-state index in [2.05, 4.69) is 5.10 Å². The summed E-state index contributed by atoms with van der Waals surface area (Å²) in [5.41, 5.74) is 1.11. The van der Waals surface area contributed by atoms with E-state index in [1.807, 2.05) is 18.1 Å². The van der Waals surface area contributed by atoms with Gasteiger partial charge in [-0.2, -0.15) is 18.3 Å². The molecule has 1 fully saturated rings. The van der Waals surface area contributed by atoms with Crippen molar-refractivity contribution in [2.75, 3.05) is 6.54 Å². The van der Waals surface area contributed by atoms with Crippen LogP contribution in [0.4, 0.5) is 13.2 Å². The summed E-state index contributed by atoms with van der Waals surface area (Å²) in [4.78, 5) is 14.6. The van der Waals surface area contributed by atoms with Gasteiger partial charge in [-0.05, 0) is 43.4 Å². The van der Waals surface area contributed by atoms with Gasteiger partial charge >= 0.3 is 6.18 Å². The molecule has 1 unspecified atom stereocenters. The van der Waals surface area contributed by atoms with Crippen LogP contribution in [0.2, 0.25) is 0 Å². The molecular formula is C19H22F3N3O. The molecule has 26 heavy (non-hydrogen) atoms. The van der Waals surface area contributed by atoms with Gasteiger partial charge in [-0.1, -0.05) is 12.1 Å². The van der Waals surface area contributed by atoms with Crippen LogP contribution in [0.5, 0.6) is 0 Å². The lowest BCUT2D eigenvalue weighted by Gasteiger charge is -2.35. The second-order valence-corrected chi connectivity index (χ2v) is 6.74. The lowest BCUT2D eigenvalue weighted by Crippen LogP contribution is -2.38. The molecule has 3 rings (SSSR count). The van der Waals surface area contributed by atoms with Gasteiger partial charge < -0.3 is 4.90 Å². The first-order valence-electron chi connectivity index (χ1n) is 8.79. The number of hydrogen-bond donors (Lipinski definition) is 0. The maximum atomic E-state index is 12.7. The van der Waals surface area contributed by atoms with Crippen LogP contribution in [-0.4, -0.2) is 27.1 Å². The zero-order valence-corrected chi connectivity index (χ0v) is 14.7. The smallest absolute Gasteiger partial charge is 0.336 e. The Morgan fingerprint density at radius 3 is 2.58 bits per heavy atom. The predicted octanol–water partition coefficient (Wildman–Crippen LogP) is 4.13. The van der Waals surface area contributed by atoms with E-state index in [9.17, 15) is 18.0 Å². The third kappa shape index (κ3) is 4.26. The molecule has 2 heterocycles. The van der Waals surface area contributed by atoms with Gasteiger partial charge in [0.2, 0.25) is 5.91 Å². The molecule has 1 aliphatic rings. The maximum Gasteiger partial charge on any atom is 0.416 e. The number of nitrogens with zero attached hydrogens (tertiary/aromatic N) is 3. The average molecular weight is 365 g/mol. The van der Waals surface area contributed by atoms with Gasteiger partial charge in [0.05, 0.1) is 17.8 Å². The summed E-state index contributed by atoms with van der Waals surface area (Å²) < 4.78 is 39.6. The van der Waals surface area contributed by atoms with Gasteiger partial charge in [0.1, 0.15) is 0 Å². The van der Waals surface area contributed by atoms with Crippen molar-refractivity contribution in [2.45, 2.75) is 44.3 Å². The number of carbonyl (C=O) groups is 1. The Balaban J connectivity index is 1.63. The molecule has 7 heteroatoms. The van der Waals surface area contributed by atoms with Crippen molar-refractivity contribution in [3.8, 4) is 0 Å². The van der Waals surface area contributed by atoms with Crippen molar-refractivity contribution in [2.24, 2.45) is 7.05 Å². The highest BCUT2D eigenvalue weighted by atomic mass is 19.4. The Bertz CT molecular complexity index is 752. The third-order valence-corrected chi connectivity index (χ3v) is 4.84. The fraction of sp³-hybridized carbons (Fsp3) is 0.474. The normalized spacial score (nSPS) is 18.2. The van der Waals surface area contributed by atoms with Gasteiger partial charge in [0, 0.05) is 31.8 Å². The van der Waals surface area contributed by atoms with Crippen molar-refractivity contribution in [1.29, 1.82) is 0 Å². The highest BCUT2D eigenvalue weighted by Gasteiger charge is 2.30. The average Bonchev–Trinajstić information content (AvgIpc) is 3.05. The van der Waals surface area contributed by atoms with E-state index in [1.165, 1.54) is 12.1 Å². The number of amides is 1. The molecule has 1 saturated heterocycles. The summed E-state index contributed by atoms with van der Waals surface area (Å²) in [7, 11) is 1.85. The summed E-state index contributed by atoms with van der Waals surface area (Å²) in [6.45, 7) is 0.714. The molecule has 0 N–H and O–H groups in total. The zero-order valence-electron chi connectivity index (χ0n) is 14.7. The number of aryl methyl sites for hydroxylation is 2. The number of hydrogen-bond acceptors (Lipinski definition) is 2. The van der Waals surface area contributed by atoms with Crippen LogP contribution in [-0.2, 0) is 24.4 Å². The van der Waals surface area contributed by atoms with Crippen LogP contribution in [0.15, 0.2) is 36.7 Å². The molecule has 4 nitrogen and oxygen atoms in total. The highest BCUT2D eigenvalue weighted by molar-refractivity contribution is 5.77. The first-order valence-corrected chi connectivity index (χ1v) is 8.79. The summed E-state index contributed by atoms with van der Waals surface area (Å²) in [6.07, 6.45) is 3.09. The number of rotatable bonds is 4. The Hall–Kier alpha value is -2.31. The van der Waals surface area contributed by atoms with E-state index in [4.69, 9.17) is 0 Å². The summed E-state index contributed by atoms with van der Waals surface area (Å²) in [6, 6.07) is 5.08. The molecule has 1 atom stereocenters. The molecule has 1 aromatic carbocycles. The van der Waals surface area contributed by atoms with Crippen molar-refractivity contribution < 1.29 is 18.0 Å². The third-order valence-electron chi connectivity index (χ3n) is 4.84. The summed E-state index contributed by atoms with van der Waals surface area (Å²) >= 11 is 0. The van der Waals surface area contributed by atoms with Crippen molar-refractivity contribution in [1.82, 2.24) is 14.7 Å². The molecular weight excluding hydrogens is 343 g/mol. The molecule has 140 valence electrons. The monoisotopic (exact) mass is 365 g/mol. The fourth-order valence-corrected chi connectivity index (χ4v) is 3.44. The zero-order chi connectivity index (χ0) is 18.7. The molecule has 0 aliphatic carbocycles. The van der Waals surface area contributed by atoms with Crippen molar-refractivity contribution in [3.05, 3.63) is 53.3 Å². The van der Waals surface area contributed by atoms with Crippen molar-refractivity contribution >= 4 is 5.91 Å². The van der Waals surface area contributed by atoms with E-state index < -0.39 is 11.7 Å². The molecule has 2 aromatic rings. The van der Waals surface area contributed by atoms with Gasteiger partial charge in [0.15, 0.2) is 0 Å². The molecule has 1 aliphatic heterocycles. The van der Waals surface area contributed by atoms with Crippen molar-refractivity contribution in [3.63, 3.8) is 0 Å². The van der Waals surface area contributed by atoms with Crippen LogP contribution >= 0.6 is 0 Å². The van der Waals surface area contributed by atoms with E-state index in [-0.39, 0.29) is 11.9 Å². The largest absolute Gasteiger partial charge is 0.416 e. The van der Waals surface area contributed by atoms with E-state index in [0.717, 1.165) is 42.5 Å². The van der Waals surface area contributed by atoms with E-state index in [1.54, 1.807) is 10.9 Å². The van der Waals surface area contributed by atoms with Gasteiger partial charge in [0.25, 0.3) is 0 Å². The molecule has 1 aromatic heterocycles. The predicted molar refractivity (Wildman–Crippen MR) is 91.3 cm³/mol. The minimum absolute atomic E-state index is 0.0394. The lowest BCUT2D eigenvalue weighted by atomic mass is 9.96. The van der Waals surface area contributed by atoms with E-state index in [0.29, 0.717) is 19.4 Å². The Labute approximate surface area is 150 Å². The minimum Gasteiger partial charge on any atom is -0.336 e. The second-order valence-electron chi connectivity index (χ2n) is 6.74. The van der Waals surface area contributed by atoms with Crippen LogP contribution in [0, 0.1) is 0 Å². The molecule has 0 saturated carbocycles. The summed E-state index contributed by atoms with van der Waals surface area (Å²) in [5.74, 6) is 0.0402. The van der Waals surface area contributed by atoms with Crippen LogP contribution in [0.3, 0.4) is 0 Å². The Morgan fingerprint density at radius 2 is 1.96 bits per heavy atom. The molecule has 0 bridgehead atoms. The molecule has 1 amide bonds. The Kier molecular flexibility index (Phi) is 5.34. The fourth-order valence-electron chi connectivity index (χ4n) is 3.44. The number of carbonyl (C=O) groups excluding carboxylic acids is 1. The van der Waals surface area contributed by atoms with Gasteiger partial charge in [-0.15, -0.1) is 0 Å². The quantitative estimate of drug-likeness (QED) is 0.817. The topological polar surface area (TPSA) is 38.1 Å². The maximum absolute atomic E-state index is 12.7. The van der Waals surface area contributed by atoms with Crippen LogP contribution in [0.1, 0.15) is 48.4 Å². The summed E-state index contributed by atoms with van der Waals surface area (Å²) in [5, 5.41) is 4.19. The molecule has 0 radical (unpaired) electrons. The van der Waals surface area contributed by atoms with Gasteiger partial charge in [-0.25, -0.2) is 0 Å². The minimum atomic E-state index is -4.33. The van der Waals surface area contributed by atoms with Crippen LogP contribution < -0.4 is 0 Å². The lowest BCUT2D eigenvalue weighted by molar-refractivity contribution is -0.137. The first-order chi connectivity index (χ1) is 12.3. The second kappa shape index (κ2) is 7.51. The standard InChI is InChI=1S/C19H22F3N3O/c1-24-13-15(12-23-24)17-4-2-3-11-25(17)18(26)10-7-14-5-8-16(9-6-14)19(20,21)22/h5-6,8-9,12-13,17H,2-4,7,10-11H2,1H3. The number of aromatic nitrogens is 2. The number of halogens is 3. The van der Waals surface area contributed by atoms with E-state index >= 15 is 0 Å². The van der Waals surface area contributed by atoms with Gasteiger partial charge in [-0.3, -0.25) is 9.48 Å².